The number of rotatable bonds is 6. The van der Waals surface area contributed by atoms with Gasteiger partial charge >= 0.3 is 0 Å². The maximum absolute atomic E-state index is 13.2. The largest absolute Gasteiger partial charge is 0.379 e. The number of hydrogen-bond acceptors (Lipinski definition) is 3. The molecule has 1 aromatic rings. The van der Waals surface area contributed by atoms with E-state index in [1.807, 2.05) is 11.0 Å². The lowest BCUT2D eigenvalue weighted by Gasteiger charge is -2.41. The van der Waals surface area contributed by atoms with Gasteiger partial charge in [-0.1, -0.05) is 18.6 Å². The highest BCUT2D eigenvalue weighted by Gasteiger charge is 2.42. The molecule has 1 heterocycles. The number of hydrogen-bond donors (Lipinski definition) is 2. The summed E-state index contributed by atoms with van der Waals surface area (Å²) in [6.45, 7) is 2.19. The highest BCUT2D eigenvalue weighted by Crippen LogP contribution is 2.30. The van der Waals surface area contributed by atoms with Crippen LogP contribution in [0.4, 0.5) is 4.39 Å². The van der Waals surface area contributed by atoms with Crippen LogP contribution in [0.25, 0.3) is 0 Å². The number of benzene rings is 1. The lowest BCUT2D eigenvalue weighted by molar-refractivity contribution is -0.157. The molecular formula is C18H25FN2O2. The second-order valence-corrected chi connectivity index (χ2v) is 6.92. The third kappa shape index (κ3) is 3.90. The number of carbonyl (C=O) groups excluding carboxylic acids is 1. The SMILES string of the molecule is O=C1N(CC2CCC2)CCC[C@@]1(O)CNCc1cccc(F)c1. The summed E-state index contributed by atoms with van der Waals surface area (Å²) >= 11 is 0. The van der Waals surface area contributed by atoms with Crippen molar-refractivity contribution in [3.05, 3.63) is 35.6 Å². The van der Waals surface area contributed by atoms with Crippen molar-refractivity contribution >= 4 is 5.91 Å². The van der Waals surface area contributed by atoms with Crippen molar-refractivity contribution in [2.75, 3.05) is 19.6 Å². The number of nitrogens with zero attached hydrogens (tertiary/aromatic N) is 1. The smallest absolute Gasteiger partial charge is 0.255 e. The monoisotopic (exact) mass is 320 g/mol. The Kier molecular flexibility index (Phi) is 4.97. The molecule has 2 aliphatic rings. The highest BCUT2D eigenvalue weighted by atomic mass is 19.1. The Hall–Kier alpha value is -1.46. The summed E-state index contributed by atoms with van der Waals surface area (Å²) in [6, 6.07) is 6.35. The molecule has 1 amide bonds. The van der Waals surface area contributed by atoms with E-state index in [4.69, 9.17) is 0 Å². The van der Waals surface area contributed by atoms with Crippen molar-refractivity contribution in [3.63, 3.8) is 0 Å². The average Bonchev–Trinajstić information content (AvgIpc) is 2.47. The molecule has 1 atom stereocenters. The van der Waals surface area contributed by atoms with Crippen molar-refractivity contribution < 1.29 is 14.3 Å². The molecular weight excluding hydrogens is 295 g/mol. The lowest BCUT2D eigenvalue weighted by atomic mass is 9.83. The van der Waals surface area contributed by atoms with Crippen molar-refractivity contribution in [3.8, 4) is 0 Å². The van der Waals surface area contributed by atoms with Gasteiger partial charge in [0.2, 0.25) is 0 Å². The van der Waals surface area contributed by atoms with Crippen LogP contribution in [0, 0.1) is 11.7 Å². The third-order valence-electron chi connectivity index (χ3n) is 5.04. The Morgan fingerprint density at radius 3 is 2.87 bits per heavy atom. The summed E-state index contributed by atoms with van der Waals surface area (Å²) in [6.07, 6.45) is 4.96. The third-order valence-corrected chi connectivity index (χ3v) is 5.04. The number of piperidine rings is 1. The molecule has 2 fully saturated rings. The second kappa shape index (κ2) is 6.97. The maximum atomic E-state index is 13.2. The standard InChI is InChI=1S/C18H25FN2O2/c19-16-7-2-6-15(10-16)11-20-13-18(23)8-3-9-21(17(18)22)12-14-4-1-5-14/h2,6-7,10,14,20,23H,1,3-5,8-9,11-13H2/t18-/m1/s1. The molecule has 1 aliphatic heterocycles. The summed E-state index contributed by atoms with van der Waals surface area (Å²) in [5.41, 5.74) is -0.516. The number of nitrogens with one attached hydrogen (secondary N) is 1. The van der Waals surface area contributed by atoms with Gasteiger partial charge in [-0.3, -0.25) is 4.79 Å². The average molecular weight is 320 g/mol. The molecule has 0 aromatic heterocycles. The zero-order chi connectivity index (χ0) is 16.3. The Morgan fingerprint density at radius 1 is 1.35 bits per heavy atom. The molecule has 1 aliphatic carbocycles. The number of halogens is 1. The molecule has 1 saturated carbocycles. The Labute approximate surface area is 136 Å². The van der Waals surface area contributed by atoms with Gasteiger partial charge in [0.15, 0.2) is 5.60 Å². The fraction of sp³-hybridized carbons (Fsp3) is 0.611. The van der Waals surface area contributed by atoms with E-state index >= 15 is 0 Å². The molecule has 2 N–H and O–H groups in total. The van der Waals surface area contributed by atoms with Gasteiger partial charge in [0.1, 0.15) is 5.82 Å². The van der Waals surface area contributed by atoms with E-state index in [-0.39, 0.29) is 18.3 Å². The summed E-state index contributed by atoms with van der Waals surface area (Å²) in [5.74, 6) is 0.187. The van der Waals surface area contributed by atoms with Crippen molar-refractivity contribution in [2.45, 2.75) is 44.2 Å². The normalized spacial score (nSPS) is 25.5. The minimum Gasteiger partial charge on any atom is -0.379 e. The summed E-state index contributed by atoms with van der Waals surface area (Å²) < 4.78 is 13.2. The molecule has 126 valence electrons. The predicted molar refractivity (Wildman–Crippen MR) is 86.2 cm³/mol. The topological polar surface area (TPSA) is 52.6 Å². The van der Waals surface area contributed by atoms with E-state index in [1.165, 1.54) is 31.4 Å². The summed E-state index contributed by atoms with van der Waals surface area (Å²) in [7, 11) is 0. The minimum absolute atomic E-state index is 0.151. The van der Waals surface area contributed by atoms with Crippen LogP contribution in [0.3, 0.4) is 0 Å². The van der Waals surface area contributed by atoms with Crippen molar-refractivity contribution in [1.29, 1.82) is 0 Å². The fourth-order valence-electron chi connectivity index (χ4n) is 3.45. The first-order valence-corrected chi connectivity index (χ1v) is 8.54. The van der Waals surface area contributed by atoms with Crippen LogP contribution in [0.15, 0.2) is 24.3 Å². The molecule has 1 aromatic carbocycles. The van der Waals surface area contributed by atoms with E-state index in [9.17, 15) is 14.3 Å². The van der Waals surface area contributed by atoms with Crippen LogP contribution in [-0.2, 0) is 11.3 Å². The van der Waals surface area contributed by atoms with E-state index in [0.717, 1.165) is 25.1 Å². The lowest BCUT2D eigenvalue weighted by Crippen LogP contribution is -2.58. The Morgan fingerprint density at radius 2 is 2.17 bits per heavy atom. The quantitative estimate of drug-likeness (QED) is 0.844. The van der Waals surface area contributed by atoms with Gasteiger partial charge in [0, 0.05) is 26.2 Å². The molecule has 0 unspecified atom stereocenters. The van der Waals surface area contributed by atoms with Gasteiger partial charge in [-0.2, -0.15) is 0 Å². The molecule has 23 heavy (non-hydrogen) atoms. The first kappa shape index (κ1) is 16.4. The van der Waals surface area contributed by atoms with E-state index in [1.54, 1.807) is 6.07 Å². The van der Waals surface area contributed by atoms with Crippen LogP contribution >= 0.6 is 0 Å². The molecule has 0 radical (unpaired) electrons. The van der Waals surface area contributed by atoms with E-state index in [0.29, 0.717) is 18.9 Å². The van der Waals surface area contributed by atoms with Gasteiger partial charge in [-0.25, -0.2) is 4.39 Å². The number of aliphatic hydroxyl groups is 1. The zero-order valence-corrected chi connectivity index (χ0v) is 13.4. The predicted octanol–water partition coefficient (Wildman–Crippen LogP) is 2.07. The number of likely N-dealkylation sites (tertiary alicyclic amines) is 1. The molecule has 1 saturated heterocycles. The van der Waals surface area contributed by atoms with Gasteiger partial charge in [0.05, 0.1) is 0 Å². The first-order chi connectivity index (χ1) is 11.1. The van der Waals surface area contributed by atoms with Crippen LogP contribution in [-0.4, -0.2) is 41.1 Å². The van der Waals surface area contributed by atoms with Gasteiger partial charge in [0.25, 0.3) is 5.91 Å². The van der Waals surface area contributed by atoms with Gasteiger partial charge in [-0.05, 0) is 49.3 Å². The van der Waals surface area contributed by atoms with E-state index in [2.05, 4.69) is 5.32 Å². The molecule has 4 nitrogen and oxygen atoms in total. The summed E-state index contributed by atoms with van der Waals surface area (Å²) in [4.78, 5) is 14.4. The molecule has 3 rings (SSSR count). The van der Waals surface area contributed by atoms with E-state index < -0.39 is 5.60 Å². The van der Waals surface area contributed by atoms with Crippen molar-refractivity contribution in [2.24, 2.45) is 5.92 Å². The first-order valence-electron chi connectivity index (χ1n) is 8.54. The summed E-state index contributed by atoms with van der Waals surface area (Å²) in [5, 5.41) is 13.8. The minimum atomic E-state index is -1.32. The number of carbonyl (C=O) groups is 1. The van der Waals surface area contributed by atoms with Gasteiger partial charge < -0.3 is 15.3 Å². The molecule has 0 spiro atoms. The van der Waals surface area contributed by atoms with Crippen LogP contribution < -0.4 is 5.32 Å². The number of amides is 1. The van der Waals surface area contributed by atoms with Gasteiger partial charge in [-0.15, -0.1) is 0 Å². The Balaban J connectivity index is 1.53. The highest BCUT2D eigenvalue weighted by molar-refractivity contribution is 5.86. The van der Waals surface area contributed by atoms with Crippen LogP contribution in [0.1, 0.15) is 37.7 Å². The van der Waals surface area contributed by atoms with Crippen LogP contribution in [0.2, 0.25) is 0 Å². The van der Waals surface area contributed by atoms with Crippen molar-refractivity contribution in [1.82, 2.24) is 10.2 Å². The Bertz CT molecular complexity index is 562. The zero-order valence-electron chi connectivity index (χ0n) is 13.4. The maximum Gasteiger partial charge on any atom is 0.255 e. The molecule has 0 bridgehead atoms. The molecule has 5 heteroatoms. The second-order valence-electron chi connectivity index (χ2n) is 6.92. The van der Waals surface area contributed by atoms with Crippen LogP contribution in [0.5, 0.6) is 0 Å². The fourth-order valence-corrected chi connectivity index (χ4v) is 3.45.